The van der Waals surface area contributed by atoms with Crippen LogP contribution in [-0.4, -0.2) is 24.6 Å². The van der Waals surface area contributed by atoms with Crippen molar-refractivity contribution in [1.82, 2.24) is 9.97 Å². The summed E-state index contributed by atoms with van der Waals surface area (Å²) in [6, 6.07) is 9.30. The third-order valence-corrected chi connectivity index (χ3v) is 5.71. The van der Waals surface area contributed by atoms with Gasteiger partial charge in [0.15, 0.2) is 21.4 Å². The maximum Gasteiger partial charge on any atom is 0.272 e. The number of halogens is 2. The summed E-state index contributed by atoms with van der Waals surface area (Å²) in [6.45, 7) is 1.80. The van der Waals surface area contributed by atoms with E-state index in [4.69, 9.17) is 4.74 Å². The van der Waals surface area contributed by atoms with E-state index in [-0.39, 0.29) is 22.8 Å². The van der Waals surface area contributed by atoms with Crippen LogP contribution in [0.15, 0.2) is 53.5 Å². The summed E-state index contributed by atoms with van der Waals surface area (Å²) in [5.74, 6) is -1.89. The number of aromatic amines is 2. The molecule has 2 aromatic carbocycles. The number of benzene rings is 2. The minimum Gasteiger partial charge on any atom is -0.454 e. The Bertz CT molecular complexity index is 1470. The molecule has 0 aliphatic carbocycles. The van der Waals surface area contributed by atoms with Gasteiger partial charge >= 0.3 is 0 Å². The van der Waals surface area contributed by atoms with Gasteiger partial charge in [-0.15, -0.1) is 0 Å². The van der Waals surface area contributed by atoms with E-state index < -0.39 is 21.5 Å². The Morgan fingerprint density at radius 1 is 1.03 bits per heavy atom. The zero-order valence-corrected chi connectivity index (χ0v) is 17.4. The first kappa shape index (κ1) is 20.8. The van der Waals surface area contributed by atoms with Gasteiger partial charge in [-0.25, -0.2) is 17.2 Å². The van der Waals surface area contributed by atoms with Gasteiger partial charge in [0, 0.05) is 29.5 Å². The number of hydrogen-bond acceptors (Lipinski definition) is 4. The highest BCUT2D eigenvalue weighted by atomic mass is 32.2. The lowest BCUT2D eigenvalue weighted by molar-refractivity contribution is 0.439. The standard InChI is InChI=1S/C22H18F2N2O4S/c1-12-15-7-8-25-21(15)22(27)26-20(12)16-9-13(11-31(2,28)29)3-5-18(16)30-19-6-4-14(23)10-17(19)24/h3-10,25H,11H2,1-2H3,(H,26,27). The van der Waals surface area contributed by atoms with Crippen LogP contribution in [-0.2, 0) is 15.6 Å². The van der Waals surface area contributed by atoms with Crippen molar-refractivity contribution in [3.63, 3.8) is 0 Å². The number of rotatable bonds is 5. The van der Waals surface area contributed by atoms with Crippen molar-refractivity contribution in [3.8, 4) is 22.8 Å². The third-order valence-electron chi connectivity index (χ3n) is 4.85. The fraction of sp³-hybridized carbons (Fsp3) is 0.136. The number of nitrogens with one attached hydrogen (secondary N) is 2. The highest BCUT2D eigenvalue weighted by Crippen LogP contribution is 2.37. The molecule has 31 heavy (non-hydrogen) atoms. The van der Waals surface area contributed by atoms with Crippen LogP contribution in [0.4, 0.5) is 8.78 Å². The molecule has 0 aliphatic heterocycles. The maximum absolute atomic E-state index is 14.2. The highest BCUT2D eigenvalue weighted by Gasteiger charge is 2.18. The molecular weight excluding hydrogens is 426 g/mol. The second kappa shape index (κ2) is 7.66. The molecule has 160 valence electrons. The molecule has 9 heteroatoms. The lowest BCUT2D eigenvalue weighted by atomic mass is 10.0. The summed E-state index contributed by atoms with van der Waals surface area (Å²) < 4.78 is 56.7. The van der Waals surface area contributed by atoms with Crippen molar-refractivity contribution >= 4 is 20.7 Å². The van der Waals surface area contributed by atoms with Crippen LogP contribution in [0, 0.1) is 18.6 Å². The van der Waals surface area contributed by atoms with E-state index >= 15 is 0 Å². The van der Waals surface area contributed by atoms with E-state index in [9.17, 15) is 22.0 Å². The molecular formula is C22H18F2N2O4S. The monoisotopic (exact) mass is 444 g/mol. The van der Waals surface area contributed by atoms with E-state index in [1.54, 1.807) is 31.3 Å². The van der Waals surface area contributed by atoms with E-state index in [1.165, 1.54) is 6.07 Å². The molecule has 4 aromatic rings. The first-order chi connectivity index (χ1) is 14.6. The number of sulfone groups is 1. The molecule has 0 radical (unpaired) electrons. The molecule has 0 bridgehead atoms. The summed E-state index contributed by atoms with van der Waals surface area (Å²) in [5.41, 5.74) is 2.01. The topological polar surface area (TPSA) is 92.0 Å². The van der Waals surface area contributed by atoms with Crippen molar-refractivity contribution in [2.24, 2.45) is 0 Å². The number of aryl methyl sites for hydroxylation is 1. The van der Waals surface area contributed by atoms with Crippen LogP contribution in [0.2, 0.25) is 0 Å². The first-order valence-electron chi connectivity index (χ1n) is 9.26. The highest BCUT2D eigenvalue weighted by molar-refractivity contribution is 7.89. The van der Waals surface area contributed by atoms with E-state index in [0.29, 0.717) is 33.8 Å². The van der Waals surface area contributed by atoms with Gasteiger partial charge in [-0.05, 0) is 48.4 Å². The zero-order valence-electron chi connectivity index (χ0n) is 16.6. The Morgan fingerprint density at radius 3 is 2.48 bits per heavy atom. The van der Waals surface area contributed by atoms with Crippen LogP contribution >= 0.6 is 0 Å². The maximum atomic E-state index is 14.2. The molecule has 0 amide bonds. The van der Waals surface area contributed by atoms with E-state index in [1.807, 2.05) is 0 Å². The van der Waals surface area contributed by atoms with Gasteiger partial charge in [-0.3, -0.25) is 4.79 Å². The van der Waals surface area contributed by atoms with E-state index in [2.05, 4.69) is 9.97 Å². The lowest BCUT2D eigenvalue weighted by Gasteiger charge is -2.15. The van der Waals surface area contributed by atoms with Crippen molar-refractivity contribution in [2.45, 2.75) is 12.7 Å². The Labute approximate surface area is 176 Å². The molecule has 6 nitrogen and oxygen atoms in total. The van der Waals surface area contributed by atoms with Gasteiger partial charge in [0.25, 0.3) is 5.56 Å². The number of ether oxygens (including phenoxy) is 1. The van der Waals surface area contributed by atoms with Crippen LogP contribution in [0.25, 0.3) is 22.2 Å². The summed E-state index contributed by atoms with van der Waals surface area (Å²) in [5, 5.41) is 0.686. The third kappa shape index (κ3) is 4.22. The number of fused-ring (bicyclic) bond motifs is 1. The number of aromatic nitrogens is 2. The minimum absolute atomic E-state index is 0.177. The predicted octanol–water partition coefficient (Wildman–Crippen LogP) is 4.45. The lowest BCUT2D eigenvalue weighted by Crippen LogP contribution is -2.10. The molecule has 0 atom stereocenters. The Hall–Kier alpha value is -3.46. The van der Waals surface area contributed by atoms with Crippen LogP contribution < -0.4 is 10.3 Å². The second-order valence-corrected chi connectivity index (χ2v) is 9.44. The summed E-state index contributed by atoms with van der Waals surface area (Å²) in [7, 11) is -3.32. The normalized spacial score (nSPS) is 11.7. The largest absolute Gasteiger partial charge is 0.454 e. The van der Waals surface area contributed by atoms with Gasteiger partial charge in [0.1, 0.15) is 17.1 Å². The molecule has 0 saturated heterocycles. The summed E-state index contributed by atoms with van der Waals surface area (Å²) in [6.07, 6.45) is 2.76. The van der Waals surface area contributed by atoms with Crippen molar-refractivity contribution in [2.75, 3.05) is 6.26 Å². The molecule has 0 saturated carbocycles. The molecule has 0 fully saturated rings. The van der Waals surface area contributed by atoms with Crippen molar-refractivity contribution in [3.05, 3.63) is 81.8 Å². The Kier molecular flexibility index (Phi) is 5.14. The number of pyridine rings is 1. The van der Waals surface area contributed by atoms with E-state index in [0.717, 1.165) is 24.0 Å². The predicted molar refractivity (Wildman–Crippen MR) is 114 cm³/mol. The van der Waals surface area contributed by atoms with Gasteiger partial charge in [0.05, 0.1) is 11.4 Å². The molecule has 0 spiro atoms. The summed E-state index contributed by atoms with van der Waals surface area (Å²) in [4.78, 5) is 18.2. The summed E-state index contributed by atoms with van der Waals surface area (Å²) >= 11 is 0. The minimum atomic E-state index is -3.32. The zero-order chi connectivity index (χ0) is 22.3. The van der Waals surface area contributed by atoms with Crippen LogP contribution in [0.1, 0.15) is 11.1 Å². The van der Waals surface area contributed by atoms with Gasteiger partial charge in [-0.2, -0.15) is 0 Å². The smallest absolute Gasteiger partial charge is 0.272 e. The molecule has 0 aliphatic rings. The Morgan fingerprint density at radius 2 is 1.77 bits per heavy atom. The van der Waals surface area contributed by atoms with Crippen molar-refractivity contribution < 1.29 is 21.9 Å². The first-order valence-corrected chi connectivity index (χ1v) is 11.3. The SMILES string of the molecule is Cc1c(-c2cc(CS(C)(=O)=O)ccc2Oc2ccc(F)cc2F)[nH]c(=O)c2[nH]ccc12. The molecule has 2 heterocycles. The average molecular weight is 444 g/mol. The van der Waals surface area contributed by atoms with Gasteiger partial charge in [0.2, 0.25) is 0 Å². The molecule has 4 rings (SSSR count). The fourth-order valence-corrected chi connectivity index (χ4v) is 4.26. The average Bonchev–Trinajstić information content (AvgIpc) is 3.18. The van der Waals surface area contributed by atoms with Crippen molar-refractivity contribution in [1.29, 1.82) is 0 Å². The molecule has 0 unspecified atom stereocenters. The second-order valence-electron chi connectivity index (χ2n) is 7.30. The van der Waals surface area contributed by atoms with Crippen LogP contribution in [0.5, 0.6) is 11.5 Å². The number of H-pyrrole nitrogens is 2. The fourth-order valence-electron chi connectivity index (χ4n) is 3.47. The molecule has 2 aromatic heterocycles. The van der Waals surface area contributed by atoms with Gasteiger partial charge < -0.3 is 14.7 Å². The molecule has 2 N–H and O–H groups in total. The van der Waals surface area contributed by atoms with Gasteiger partial charge in [-0.1, -0.05) is 6.07 Å². The number of hydrogen-bond donors (Lipinski definition) is 2. The van der Waals surface area contributed by atoms with Crippen LogP contribution in [0.3, 0.4) is 0 Å². The quantitative estimate of drug-likeness (QED) is 0.476. The Balaban J connectivity index is 1.92.